The van der Waals surface area contributed by atoms with Gasteiger partial charge < -0.3 is 9.47 Å². The molecule has 0 atom stereocenters. The lowest BCUT2D eigenvalue weighted by atomic mass is 10.3. The minimum Gasteiger partial charge on any atom is -0.489 e. The highest BCUT2D eigenvalue weighted by Crippen LogP contribution is 2.31. The van der Waals surface area contributed by atoms with Crippen molar-refractivity contribution in [3.63, 3.8) is 0 Å². The Morgan fingerprint density at radius 3 is 2.55 bits per heavy atom. The first-order valence-electron chi connectivity index (χ1n) is 5.60. The quantitative estimate of drug-likeness (QED) is 0.874. The maximum Gasteiger partial charge on any atom is 0.411 e. The van der Waals surface area contributed by atoms with Crippen LogP contribution >= 0.6 is 34.5 Å². The van der Waals surface area contributed by atoms with Crippen molar-refractivity contribution >= 4 is 46.3 Å². The Bertz CT molecular complexity index is 598. The molecule has 1 aromatic carbocycles. The lowest BCUT2D eigenvalue weighted by Crippen LogP contribution is -2.10. The number of nitrogens with one attached hydrogen (secondary N) is 1. The predicted octanol–water partition coefficient (Wildman–Crippen LogP) is 4.81. The largest absolute Gasteiger partial charge is 0.489 e. The van der Waals surface area contributed by atoms with E-state index in [1.807, 2.05) is 0 Å². The van der Waals surface area contributed by atoms with Gasteiger partial charge in [0.1, 0.15) is 16.7 Å². The number of carbonyl (C=O) groups is 1. The maximum atomic E-state index is 11.0. The molecule has 2 aromatic rings. The first-order chi connectivity index (χ1) is 9.58. The number of carbonyl (C=O) groups excluding carboxylic acids is 1. The SMILES string of the molecule is COC(=O)Nc1ccc(OCc2cc(Cl)sc2Cl)cc1. The van der Waals surface area contributed by atoms with Crippen LogP contribution in [0, 0.1) is 0 Å². The molecule has 0 unspecified atom stereocenters. The van der Waals surface area contributed by atoms with Crippen LogP contribution in [0.4, 0.5) is 10.5 Å². The topological polar surface area (TPSA) is 47.6 Å². The number of halogens is 2. The molecular formula is C13H11Cl2NO3S. The first kappa shape index (κ1) is 15.0. The highest BCUT2D eigenvalue weighted by molar-refractivity contribution is 7.20. The summed E-state index contributed by atoms with van der Waals surface area (Å²) in [4.78, 5) is 11.0. The van der Waals surface area contributed by atoms with Crippen LogP contribution in [-0.4, -0.2) is 13.2 Å². The summed E-state index contributed by atoms with van der Waals surface area (Å²) in [6, 6.07) is 8.70. The number of hydrogen-bond acceptors (Lipinski definition) is 4. The van der Waals surface area contributed by atoms with Gasteiger partial charge in [-0.15, -0.1) is 11.3 Å². The summed E-state index contributed by atoms with van der Waals surface area (Å²) < 4.78 is 11.3. The molecule has 1 amide bonds. The molecule has 0 saturated carbocycles. The third-order valence-corrected chi connectivity index (χ3v) is 3.98. The highest BCUT2D eigenvalue weighted by atomic mass is 35.5. The molecule has 0 aliphatic heterocycles. The van der Waals surface area contributed by atoms with Crippen molar-refractivity contribution in [3.8, 4) is 5.75 Å². The zero-order chi connectivity index (χ0) is 14.5. The van der Waals surface area contributed by atoms with E-state index < -0.39 is 6.09 Å². The van der Waals surface area contributed by atoms with Gasteiger partial charge in [0, 0.05) is 11.3 Å². The van der Waals surface area contributed by atoms with Gasteiger partial charge in [-0.2, -0.15) is 0 Å². The van der Waals surface area contributed by atoms with Crippen LogP contribution < -0.4 is 10.1 Å². The molecule has 106 valence electrons. The molecule has 0 aliphatic rings. The van der Waals surface area contributed by atoms with Gasteiger partial charge >= 0.3 is 6.09 Å². The van der Waals surface area contributed by atoms with E-state index in [-0.39, 0.29) is 0 Å². The molecule has 4 nitrogen and oxygen atoms in total. The average Bonchev–Trinajstić information content (AvgIpc) is 2.76. The molecule has 0 saturated heterocycles. The second-order valence-electron chi connectivity index (χ2n) is 3.78. The zero-order valence-corrected chi connectivity index (χ0v) is 12.8. The lowest BCUT2D eigenvalue weighted by Gasteiger charge is -2.07. The average molecular weight is 332 g/mol. The zero-order valence-electron chi connectivity index (χ0n) is 10.5. The second kappa shape index (κ2) is 6.83. The summed E-state index contributed by atoms with van der Waals surface area (Å²) in [5.41, 5.74) is 1.47. The van der Waals surface area contributed by atoms with Gasteiger partial charge in [0.2, 0.25) is 0 Å². The van der Waals surface area contributed by atoms with Gasteiger partial charge in [-0.05, 0) is 30.3 Å². The molecule has 1 aromatic heterocycles. The van der Waals surface area contributed by atoms with Crippen molar-refractivity contribution in [2.24, 2.45) is 0 Å². The van der Waals surface area contributed by atoms with Gasteiger partial charge in [-0.1, -0.05) is 23.2 Å². The fourth-order valence-electron chi connectivity index (χ4n) is 1.44. The van der Waals surface area contributed by atoms with Crippen LogP contribution in [0.1, 0.15) is 5.56 Å². The minimum absolute atomic E-state index is 0.339. The molecule has 0 radical (unpaired) electrons. The molecular weight excluding hydrogens is 321 g/mol. The van der Waals surface area contributed by atoms with Crippen molar-refractivity contribution in [2.45, 2.75) is 6.61 Å². The molecule has 0 fully saturated rings. The number of thiophene rings is 1. The van der Waals surface area contributed by atoms with E-state index in [4.69, 9.17) is 27.9 Å². The van der Waals surface area contributed by atoms with E-state index in [2.05, 4.69) is 10.1 Å². The van der Waals surface area contributed by atoms with E-state index in [1.54, 1.807) is 30.3 Å². The van der Waals surface area contributed by atoms with Crippen LogP contribution in [0.3, 0.4) is 0 Å². The van der Waals surface area contributed by atoms with Gasteiger partial charge in [-0.25, -0.2) is 4.79 Å². The molecule has 2 rings (SSSR count). The summed E-state index contributed by atoms with van der Waals surface area (Å²) in [5.74, 6) is 0.666. The monoisotopic (exact) mass is 331 g/mol. The van der Waals surface area contributed by atoms with Crippen LogP contribution in [0.25, 0.3) is 0 Å². The van der Waals surface area contributed by atoms with Gasteiger partial charge in [0.15, 0.2) is 0 Å². The number of amides is 1. The van der Waals surface area contributed by atoms with Crippen LogP contribution in [0.2, 0.25) is 8.67 Å². The minimum atomic E-state index is -0.515. The summed E-state index contributed by atoms with van der Waals surface area (Å²) in [7, 11) is 1.31. The summed E-state index contributed by atoms with van der Waals surface area (Å²) >= 11 is 13.2. The maximum absolute atomic E-state index is 11.0. The normalized spacial score (nSPS) is 10.2. The smallest absolute Gasteiger partial charge is 0.411 e. The Balaban J connectivity index is 1.94. The molecule has 0 bridgehead atoms. The lowest BCUT2D eigenvalue weighted by molar-refractivity contribution is 0.187. The number of ether oxygens (including phenoxy) is 2. The Labute approximate surface area is 130 Å². The van der Waals surface area contributed by atoms with E-state index in [9.17, 15) is 4.79 Å². The molecule has 1 heterocycles. The van der Waals surface area contributed by atoms with Crippen molar-refractivity contribution in [1.29, 1.82) is 0 Å². The van der Waals surface area contributed by atoms with Crippen LogP contribution in [-0.2, 0) is 11.3 Å². The van der Waals surface area contributed by atoms with Gasteiger partial charge in [0.25, 0.3) is 0 Å². The number of anilines is 1. The fraction of sp³-hybridized carbons (Fsp3) is 0.154. The number of hydrogen-bond donors (Lipinski definition) is 1. The van der Waals surface area contributed by atoms with Gasteiger partial charge in [0.05, 0.1) is 11.4 Å². The predicted molar refractivity (Wildman–Crippen MR) is 81.1 cm³/mol. The second-order valence-corrected chi connectivity index (χ2v) is 6.06. The fourth-order valence-corrected chi connectivity index (χ4v) is 2.90. The van der Waals surface area contributed by atoms with E-state index in [1.165, 1.54) is 18.4 Å². The van der Waals surface area contributed by atoms with Crippen molar-refractivity contribution < 1.29 is 14.3 Å². The third-order valence-electron chi connectivity index (χ3n) is 2.41. The highest BCUT2D eigenvalue weighted by Gasteiger charge is 2.07. The molecule has 0 spiro atoms. The van der Waals surface area contributed by atoms with E-state index in [0.717, 1.165) is 5.56 Å². The van der Waals surface area contributed by atoms with Gasteiger partial charge in [-0.3, -0.25) is 5.32 Å². The number of methoxy groups -OCH3 is 1. The van der Waals surface area contributed by atoms with E-state index >= 15 is 0 Å². The van der Waals surface area contributed by atoms with Crippen molar-refractivity contribution in [1.82, 2.24) is 0 Å². The Morgan fingerprint density at radius 2 is 2.00 bits per heavy atom. The molecule has 20 heavy (non-hydrogen) atoms. The van der Waals surface area contributed by atoms with Crippen molar-refractivity contribution in [3.05, 3.63) is 44.6 Å². The first-order valence-corrected chi connectivity index (χ1v) is 7.17. The van der Waals surface area contributed by atoms with E-state index in [0.29, 0.717) is 26.7 Å². The third kappa shape index (κ3) is 4.03. The molecule has 1 N–H and O–H groups in total. The summed E-state index contributed by atoms with van der Waals surface area (Å²) in [6.45, 7) is 0.339. The summed E-state index contributed by atoms with van der Waals surface area (Å²) in [6.07, 6.45) is -0.515. The van der Waals surface area contributed by atoms with Crippen LogP contribution in [0.5, 0.6) is 5.75 Å². The van der Waals surface area contributed by atoms with Crippen LogP contribution in [0.15, 0.2) is 30.3 Å². The van der Waals surface area contributed by atoms with Crippen molar-refractivity contribution in [2.75, 3.05) is 12.4 Å². The standard InChI is InChI=1S/C13H11Cl2NO3S/c1-18-13(17)16-9-2-4-10(5-3-9)19-7-8-6-11(14)20-12(8)15/h2-6H,7H2,1H3,(H,16,17). The summed E-state index contributed by atoms with van der Waals surface area (Å²) in [5, 5.41) is 2.55. The number of benzene rings is 1. The Hall–Kier alpha value is -1.43. The molecule has 0 aliphatic carbocycles. The Morgan fingerprint density at radius 1 is 1.30 bits per heavy atom. The Kier molecular flexibility index (Phi) is 5.11. The number of rotatable bonds is 4. The molecule has 7 heteroatoms.